The molecule has 1 heterocycles. The van der Waals surface area contributed by atoms with E-state index in [-0.39, 0.29) is 17.9 Å². The number of rotatable bonds is 8. The van der Waals surface area contributed by atoms with Gasteiger partial charge in [0.25, 0.3) is 0 Å². The Morgan fingerprint density at radius 1 is 1.19 bits per heavy atom. The van der Waals surface area contributed by atoms with Crippen LogP contribution in [-0.2, 0) is 16.1 Å². The second kappa shape index (κ2) is 9.48. The number of hydrogen-bond donors (Lipinski definition) is 0. The lowest BCUT2D eigenvalue weighted by Gasteiger charge is -2.30. The van der Waals surface area contributed by atoms with Crippen LogP contribution in [0.25, 0.3) is 0 Å². The molecule has 0 aliphatic heterocycles. The topological polar surface area (TPSA) is 59.5 Å². The number of carbonyl (C=O) groups is 2. The van der Waals surface area contributed by atoms with E-state index in [1.54, 1.807) is 12.3 Å². The summed E-state index contributed by atoms with van der Waals surface area (Å²) in [4.78, 5) is 31.1. The average molecular weight is 375 g/mol. The number of nitrogens with zero attached hydrogens (tertiary/aromatic N) is 2. The van der Waals surface area contributed by atoms with Crippen molar-refractivity contribution in [3.63, 3.8) is 0 Å². The maximum atomic E-state index is 13.2. The third kappa shape index (κ3) is 4.91. The minimum Gasteiger partial charge on any atom is -0.461 e. The van der Waals surface area contributed by atoms with Crippen molar-refractivity contribution in [1.29, 1.82) is 0 Å². The summed E-state index contributed by atoms with van der Waals surface area (Å²) in [7, 11) is 0. The van der Waals surface area contributed by atoms with E-state index in [1.165, 1.54) is 11.3 Å². The molecule has 0 bridgehead atoms. The summed E-state index contributed by atoms with van der Waals surface area (Å²) in [6.45, 7) is 8.49. The van der Waals surface area contributed by atoms with E-state index in [0.717, 1.165) is 17.0 Å². The van der Waals surface area contributed by atoms with Crippen molar-refractivity contribution in [2.24, 2.45) is 0 Å². The zero-order valence-corrected chi connectivity index (χ0v) is 16.6. The lowest BCUT2D eigenvalue weighted by atomic mass is 9.94. The highest BCUT2D eigenvalue weighted by Gasteiger charge is 2.27. The number of benzene rings is 1. The first-order valence-corrected chi connectivity index (χ1v) is 9.82. The molecule has 1 atom stereocenters. The molecule has 0 aliphatic carbocycles. The smallest absolute Gasteiger partial charge is 0.357 e. The molecule has 1 amide bonds. The lowest BCUT2D eigenvalue weighted by molar-refractivity contribution is -0.135. The van der Waals surface area contributed by atoms with E-state index in [9.17, 15) is 9.59 Å². The normalized spacial score (nSPS) is 12.0. The van der Waals surface area contributed by atoms with Crippen molar-refractivity contribution in [3.8, 4) is 0 Å². The monoisotopic (exact) mass is 374 g/mol. The van der Waals surface area contributed by atoms with Gasteiger partial charge < -0.3 is 9.64 Å². The molecule has 140 valence electrons. The molecule has 0 fully saturated rings. The van der Waals surface area contributed by atoms with Crippen molar-refractivity contribution < 1.29 is 14.3 Å². The van der Waals surface area contributed by atoms with Crippen LogP contribution in [0.3, 0.4) is 0 Å². The van der Waals surface area contributed by atoms with Crippen LogP contribution in [0, 0.1) is 0 Å². The van der Waals surface area contributed by atoms with Gasteiger partial charge in [0.05, 0.1) is 19.1 Å². The Morgan fingerprint density at radius 2 is 1.88 bits per heavy atom. The Hall–Kier alpha value is -2.21. The fourth-order valence-corrected chi connectivity index (χ4v) is 3.54. The molecule has 2 aromatic rings. The van der Waals surface area contributed by atoms with Crippen molar-refractivity contribution in [1.82, 2.24) is 9.88 Å². The van der Waals surface area contributed by atoms with E-state index in [0.29, 0.717) is 18.8 Å². The van der Waals surface area contributed by atoms with Gasteiger partial charge in [-0.3, -0.25) is 4.79 Å². The fraction of sp³-hybridized carbons (Fsp3) is 0.450. The Bertz CT molecular complexity index is 728. The Balaban J connectivity index is 2.18. The molecule has 0 unspecified atom stereocenters. The van der Waals surface area contributed by atoms with E-state index in [2.05, 4.69) is 4.98 Å². The zero-order valence-electron chi connectivity index (χ0n) is 15.8. The Labute approximate surface area is 159 Å². The van der Waals surface area contributed by atoms with Crippen LogP contribution in [0.1, 0.15) is 61.1 Å². The molecule has 0 radical (unpaired) electrons. The number of aromatic nitrogens is 1. The van der Waals surface area contributed by atoms with Gasteiger partial charge in [-0.2, -0.15) is 0 Å². The van der Waals surface area contributed by atoms with Gasteiger partial charge in [-0.15, -0.1) is 11.3 Å². The molecule has 26 heavy (non-hydrogen) atoms. The van der Waals surface area contributed by atoms with Gasteiger partial charge in [0.1, 0.15) is 5.01 Å². The third-order valence-corrected chi connectivity index (χ3v) is 4.99. The van der Waals surface area contributed by atoms with Crippen LogP contribution in [0.15, 0.2) is 35.7 Å². The van der Waals surface area contributed by atoms with E-state index in [4.69, 9.17) is 4.74 Å². The van der Waals surface area contributed by atoms with Gasteiger partial charge in [0.2, 0.25) is 5.91 Å². The molecule has 0 saturated heterocycles. The Morgan fingerprint density at radius 3 is 2.46 bits per heavy atom. The third-order valence-electron chi connectivity index (χ3n) is 4.16. The second-order valence-corrected chi connectivity index (χ2v) is 7.22. The lowest BCUT2D eigenvalue weighted by Crippen LogP contribution is -2.39. The molecule has 1 aromatic carbocycles. The predicted octanol–water partition coefficient (Wildman–Crippen LogP) is 4.25. The first kappa shape index (κ1) is 20.1. The quantitative estimate of drug-likeness (QED) is 0.648. The fourth-order valence-electron chi connectivity index (χ4n) is 2.78. The first-order chi connectivity index (χ1) is 12.5. The van der Waals surface area contributed by atoms with E-state index in [1.807, 2.05) is 56.0 Å². The second-order valence-electron chi connectivity index (χ2n) is 6.28. The van der Waals surface area contributed by atoms with Crippen LogP contribution in [0.5, 0.6) is 0 Å². The number of hydrogen-bond acceptors (Lipinski definition) is 5. The summed E-state index contributed by atoms with van der Waals surface area (Å²) in [5.41, 5.74) is 1.33. The number of carbonyl (C=O) groups excluding carboxylic acids is 2. The summed E-state index contributed by atoms with van der Waals surface area (Å²) in [5, 5.41) is 2.42. The predicted molar refractivity (Wildman–Crippen MR) is 103 cm³/mol. The summed E-state index contributed by atoms with van der Waals surface area (Å²) in [5.74, 6) is -0.516. The number of thiazole rings is 1. The Kier molecular flexibility index (Phi) is 7.33. The van der Waals surface area contributed by atoms with Crippen LogP contribution < -0.4 is 0 Å². The molecule has 1 aromatic heterocycles. The van der Waals surface area contributed by atoms with Gasteiger partial charge in [-0.05, 0) is 32.8 Å². The highest BCUT2D eigenvalue weighted by Crippen LogP contribution is 2.25. The van der Waals surface area contributed by atoms with E-state index < -0.39 is 5.97 Å². The zero-order chi connectivity index (χ0) is 19.1. The molecule has 0 aliphatic rings. The number of esters is 1. The maximum Gasteiger partial charge on any atom is 0.357 e. The highest BCUT2D eigenvalue weighted by atomic mass is 32.1. The van der Waals surface area contributed by atoms with Crippen LogP contribution in [0.4, 0.5) is 0 Å². The van der Waals surface area contributed by atoms with Crippen molar-refractivity contribution in [2.45, 2.75) is 52.6 Å². The van der Waals surface area contributed by atoms with Crippen LogP contribution in [-0.4, -0.2) is 34.4 Å². The van der Waals surface area contributed by atoms with Crippen LogP contribution >= 0.6 is 11.3 Å². The largest absolute Gasteiger partial charge is 0.461 e. The van der Waals surface area contributed by atoms with Gasteiger partial charge in [0.15, 0.2) is 5.69 Å². The van der Waals surface area contributed by atoms with Crippen molar-refractivity contribution >= 4 is 23.2 Å². The number of ether oxygens (including phenoxy) is 1. The van der Waals surface area contributed by atoms with Gasteiger partial charge in [-0.25, -0.2) is 9.78 Å². The van der Waals surface area contributed by atoms with Gasteiger partial charge in [-0.1, -0.05) is 37.3 Å². The molecule has 6 heteroatoms. The molecule has 2 rings (SSSR count). The summed E-state index contributed by atoms with van der Waals surface area (Å²) in [6, 6.07) is 9.89. The molecular weight excluding hydrogens is 348 g/mol. The van der Waals surface area contributed by atoms with Gasteiger partial charge in [0, 0.05) is 11.4 Å². The minimum absolute atomic E-state index is 0.0372. The molecule has 0 N–H and O–H groups in total. The first-order valence-electron chi connectivity index (χ1n) is 8.94. The molecule has 0 saturated carbocycles. The van der Waals surface area contributed by atoms with Crippen LogP contribution in [0.2, 0.25) is 0 Å². The maximum absolute atomic E-state index is 13.2. The van der Waals surface area contributed by atoms with E-state index >= 15 is 0 Å². The van der Waals surface area contributed by atoms with Crippen molar-refractivity contribution in [3.05, 3.63) is 52.0 Å². The minimum atomic E-state index is -0.423. The number of amides is 1. The van der Waals surface area contributed by atoms with Crippen molar-refractivity contribution in [2.75, 3.05) is 6.61 Å². The average Bonchev–Trinajstić information content (AvgIpc) is 3.10. The van der Waals surface area contributed by atoms with Gasteiger partial charge >= 0.3 is 5.97 Å². The highest BCUT2D eigenvalue weighted by molar-refractivity contribution is 7.09. The summed E-state index contributed by atoms with van der Waals surface area (Å²) in [6.07, 6.45) is 0.734. The molecular formula is C20H26N2O3S. The SMILES string of the molecule is CCOC(=O)c1csc(CN(C(=O)[C@H](CC)c2ccccc2)C(C)C)n1. The summed E-state index contributed by atoms with van der Waals surface area (Å²) < 4.78 is 4.98. The molecule has 5 nitrogen and oxygen atoms in total. The standard InChI is InChI=1S/C20H26N2O3S/c1-5-16(15-10-8-7-9-11-15)19(23)22(14(3)4)12-18-21-17(13-26-18)20(24)25-6-2/h7-11,13-14,16H,5-6,12H2,1-4H3/t16-/m1/s1. The summed E-state index contributed by atoms with van der Waals surface area (Å²) >= 11 is 1.38. The molecule has 0 spiro atoms.